The molecule has 0 bridgehead atoms. The molecule has 0 unspecified atom stereocenters. The van der Waals surface area contributed by atoms with Gasteiger partial charge in [0.1, 0.15) is 10.9 Å². The van der Waals surface area contributed by atoms with Crippen LogP contribution in [0.4, 0.5) is 0 Å². The van der Waals surface area contributed by atoms with E-state index in [0.29, 0.717) is 0 Å². The summed E-state index contributed by atoms with van der Waals surface area (Å²) >= 11 is 0. The van der Waals surface area contributed by atoms with E-state index in [2.05, 4.69) is 98.7 Å². The Labute approximate surface area is 575 Å². The summed E-state index contributed by atoms with van der Waals surface area (Å²) in [4.78, 5) is 5.59. The first-order chi connectivity index (χ1) is 44.9. The lowest BCUT2D eigenvalue weighted by molar-refractivity contribution is 0.596. The molecule has 0 aliphatic carbocycles. The number of rotatable bonds is 66. The van der Waals surface area contributed by atoms with E-state index in [1.54, 1.807) is 50.1 Å². The maximum Gasteiger partial charge on any atom is 0.172 e. The van der Waals surface area contributed by atoms with Crippen molar-refractivity contribution in [3.63, 3.8) is 0 Å². The van der Waals surface area contributed by atoms with Gasteiger partial charge in [0, 0.05) is 33.4 Å². The first-order valence-corrected chi connectivity index (χ1v) is 43.3. The van der Waals surface area contributed by atoms with Crippen molar-refractivity contribution in [1.29, 1.82) is 0 Å². The monoisotopic (exact) mass is 1270 g/mol. The molecule has 3 aromatic rings. The van der Waals surface area contributed by atoms with Crippen molar-refractivity contribution in [3.8, 4) is 0 Å². The third kappa shape index (κ3) is 38.5. The molecule has 0 atom stereocenters. The van der Waals surface area contributed by atoms with E-state index in [-0.39, 0.29) is 10.9 Å². The van der Waals surface area contributed by atoms with Gasteiger partial charge in [0.05, 0.1) is 0 Å². The highest BCUT2D eigenvalue weighted by molar-refractivity contribution is 7.97. The molecule has 0 aromatic heterocycles. The Kier molecular flexibility index (Phi) is 54.2. The Hall–Kier alpha value is -1.99. The third-order valence-corrected chi connectivity index (χ3v) is 23.6. The van der Waals surface area contributed by atoms with Gasteiger partial charge >= 0.3 is 0 Å². The molecule has 0 saturated carbocycles. The van der Waals surface area contributed by atoms with Crippen molar-refractivity contribution in [2.24, 2.45) is 0 Å². The molecule has 524 valence electrons. The lowest BCUT2D eigenvalue weighted by Gasteiger charge is -2.26. The van der Waals surface area contributed by atoms with Crippen LogP contribution < -0.4 is 0 Å². The molecule has 0 saturated heterocycles. The summed E-state index contributed by atoms with van der Waals surface area (Å²) in [6.45, 7) is 21.6. The van der Waals surface area contributed by atoms with E-state index < -0.39 is 0 Å². The summed E-state index contributed by atoms with van der Waals surface area (Å²) in [7, 11) is -0.204. The number of aryl methyl sites for hydroxylation is 9. The summed E-state index contributed by atoms with van der Waals surface area (Å²) < 4.78 is 0. The number of hydrogen-bond donors (Lipinski definition) is 0. The maximum atomic E-state index is 2.92. The van der Waals surface area contributed by atoms with Crippen molar-refractivity contribution in [3.05, 3.63) is 86.5 Å². The van der Waals surface area contributed by atoms with Crippen molar-refractivity contribution in [1.82, 2.24) is 0 Å². The lowest BCUT2D eigenvalue weighted by Crippen LogP contribution is -2.20. The lowest BCUT2D eigenvalue weighted by atomic mass is 9.94. The average Bonchev–Trinajstić information content (AvgIpc) is 0.765. The summed E-state index contributed by atoms with van der Waals surface area (Å²) in [5.74, 6) is 0. The highest BCUT2D eigenvalue weighted by atomic mass is 32.2. The Morgan fingerprint density at radius 1 is 0.154 bits per heavy atom. The van der Waals surface area contributed by atoms with Crippen LogP contribution >= 0.6 is 0 Å². The van der Waals surface area contributed by atoms with Gasteiger partial charge < -0.3 is 0 Å². The van der Waals surface area contributed by atoms with E-state index in [4.69, 9.17) is 0 Å². The fourth-order valence-corrected chi connectivity index (χ4v) is 18.2. The van der Waals surface area contributed by atoms with Gasteiger partial charge in [0.15, 0.2) is 14.7 Å². The van der Waals surface area contributed by atoms with Gasteiger partial charge in [-0.05, 0) is 132 Å². The zero-order chi connectivity index (χ0) is 65.3. The molecule has 0 spiro atoms. The molecule has 0 fully saturated rings. The van der Waals surface area contributed by atoms with Crippen LogP contribution in [-0.4, -0.2) is 0 Å². The first-order valence-electron chi connectivity index (χ1n) is 42.1. The maximum absolute atomic E-state index is 2.92. The SMILES string of the molecule is CCCCCCCCc1cc(CCCCCCCC)c([S+](c2c(CCCCCCCC)cc(CCCCCCCC)cc2CCCCCCCC)c2c(CCCCCCCC)cc(CCCCCCCC)cc2CCCCCCCC)c(CCCCCCCC)c1. The second-order valence-electron chi connectivity index (χ2n) is 29.7. The van der Waals surface area contributed by atoms with Gasteiger partial charge in [-0.1, -0.05) is 388 Å². The molecular weight excluding hydrogens is 1110 g/mol. The smallest absolute Gasteiger partial charge is 0.0654 e. The molecule has 0 N–H and O–H groups in total. The van der Waals surface area contributed by atoms with Gasteiger partial charge in [-0.15, -0.1) is 0 Å². The van der Waals surface area contributed by atoms with Crippen molar-refractivity contribution < 1.29 is 0 Å². The Balaban J connectivity index is 2.73. The molecule has 0 aliphatic heterocycles. The highest BCUT2D eigenvalue weighted by Gasteiger charge is 2.42. The van der Waals surface area contributed by atoms with Crippen LogP contribution in [0.2, 0.25) is 0 Å². The van der Waals surface area contributed by atoms with Crippen LogP contribution in [0.25, 0.3) is 0 Å². The number of benzene rings is 3. The van der Waals surface area contributed by atoms with Crippen LogP contribution in [0.15, 0.2) is 51.1 Å². The van der Waals surface area contributed by atoms with Crippen LogP contribution in [0.5, 0.6) is 0 Å². The molecule has 3 rings (SSSR count). The Morgan fingerprint density at radius 3 is 0.418 bits per heavy atom. The largest absolute Gasteiger partial charge is 0.172 e. The Bertz CT molecular complexity index is 1760. The minimum Gasteiger partial charge on any atom is -0.0654 e. The molecule has 91 heavy (non-hydrogen) atoms. The van der Waals surface area contributed by atoms with E-state index >= 15 is 0 Å². The minimum atomic E-state index is -0.204. The standard InChI is InChI=1S/C90H159S/c1-10-19-28-37-46-55-64-79-73-82(67-58-49-40-31-22-13-4)88(83(74-79)68-59-50-41-32-23-14-5)91(89-84(69-60-51-42-33-24-15-6)75-80(65-56-47-38-29-20-11-2)76-85(89)70-61-52-43-34-25-16-7)90-86(71-62-53-44-35-26-17-8)77-81(66-57-48-39-30-21-12-3)78-87(90)72-63-54-45-36-27-18-9/h73-78H,10-72H2,1-9H3/q+1. The highest BCUT2D eigenvalue weighted by Crippen LogP contribution is 2.46. The Morgan fingerprint density at radius 2 is 0.275 bits per heavy atom. The molecule has 3 aromatic carbocycles. The van der Waals surface area contributed by atoms with Crippen LogP contribution in [0, 0.1) is 0 Å². The van der Waals surface area contributed by atoms with E-state index in [0.717, 1.165) is 0 Å². The fraction of sp³-hybridized carbons (Fsp3) is 0.800. The zero-order valence-electron chi connectivity index (χ0n) is 63.4. The van der Waals surface area contributed by atoms with Crippen molar-refractivity contribution in [2.45, 2.75) is 482 Å². The predicted octanol–water partition coefficient (Wildman–Crippen LogP) is 30.9. The van der Waals surface area contributed by atoms with Crippen LogP contribution in [0.3, 0.4) is 0 Å². The predicted molar refractivity (Wildman–Crippen MR) is 415 cm³/mol. The van der Waals surface area contributed by atoms with Gasteiger partial charge in [-0.3, -0.25) is 0 Å². The van der Waals surface area contributed by atoms with Crippen molar-refractivity contribution in [2.75, 3.05) is 0 Å². The fourth-order valence-electron chi connectivity index (χ4n) is 15.0. The second kappa shape index (κ2) is 59.3. The molecular formula is C90H159S+. The normalized spacial score (nSPS) is 11.8. The van der Waals surface area contributed by atoms with Gasteiger partial charge in [0.2, 0.25) is 0 Å². The van der Waals surface area contributed by atoms with E-state index in [9.17, 15) is 0 Å². The van der Waals surface area contributed by atoms with Crippen molar-refractivity contribution >= 4 is 10.9 Å². The molecule has 0 radical (unpaired) electrons. The van der Waals surface area contributed by atoms with E-state index in [1.807, 2.05) is 14.7 Å². The summed E-state index contributed by atoms with van der Waals surface area (Å²) in [6.07, 6.45) is 85.5. The van der Waals surface area contributed by atoms with Gasteiger partial charge in [-0.25, -0.2) is 0 Å². The molecule has 0 amide bonds. The molecule has 0 heterocycles. The quantitative estimate of drug-likeness (QED) is 0.0390. The topological polar surface area (TPSA) is 0 Å². The van der Waals surface area contributed by atoms with Gasteiger partial charge in [0.25, 0.3) is 0 Å². The third-order valence-electron chi connectivity index (χ3n) is 20.8. The number of hydrogen-bond acceptors (Lipinski definition) is 0. The van der Waals surface area contributed by atoms with E-state index in [1.165, 1.54) is 405 Å². The minimum absolute atomic E-state index is 0.204. The zero-order valence-corrected chi connectivity index (χ0v) is 64.2. The summed E-state index contributed by atoms with van der Waals surface area (Å²) in [5.41, 5.74) is 15.8. The molecule has 0 nitrogen and oxygen atoms in total. The number of unbranched alkanes of at least 4 members (excludes halogenated alkanes) is 45. The molecule has 1 heteroatoms. The molecule has 0 aliphatic rings. The first kappa shape index (κ1) is 83.2. The summed E-state index contributed by atoms with van der Waals surface area (Å²) in [5, 5.41) is 0. The van der Waals surface area contributed by atoms with Crippen LogP contribution in [-0.2, 0) is 68.7 Å². The average molecular weight is 1270 g/mol. The van der Waals surface area contributed by atoms with Crippen LogP contribution in [0.1, 0.15) is 459 Å². The van der Waals surface area contributed by atoms with Gasteiger partial charge in [-0.2, -0.15) is 0 Å². The summed E-state index contributed by atoms with van der Waals surface area (Å²) in [6, 6.07) is 17.5. The second-order valence-corrected chi connectivity index (χ2v) is 31.5.